The highest BCUT2D eigenvalue weighted by Crippen LogP contribution is 2.32. The molecule has 1 spiro atoms. The number of ether oxygens (including phenoxy) is 1. The van der Waals surface area contributed by atoms with Crippen molar-refractivity contribution in [3.63, 3.8) is 0 Å². The minimum Gasteiger partial charge on any atom is -0.497 e. The van der Waals surface area contributed by atoms with Crippen LogP contribution in [0.4, 0.5) is 4.39 Å². The maximum absolute atomic E-state index is 14.1. The summed E-state index contributed by atoms with van der Waals surface area (Å²) in [6, 6.07) is 13.6. The summed E-state index contributed by atoms with van der Waals surface area (Å²) in [5.41, 5.74) is 0.544. The summed E-state index contributed by atoms with van der Waals surface area (Å²) in [7, 11) is 1.57. The van der Waals surface area contributed by atoms with Crippen molar-refractivity contribution in [2.45, 2.75) is 25.0 Å². The second-order valence-corrected chi connectivity index (χ2v) is 7.48. The number of carbonyl (C=O) groups is 2. The van der Waals surface area contributed by atoms with Crippen molar-refractivity contribution in [3.05, 3.63) is 65.5 Å². The van der Waals surface area contributed by atoms with Gasteiger partial charge < -0.3 is 14.5 Å². The number of rotatable bonds is 4. The van der Waals surface area contributed by atoms with Crippen LogP contribution < -0.4 is 10.1 Å². The third-order valence-electron chi connectivity index (χ3n) is 5.87. The van der Waals surface area contributed by atoms with E-state index < -0.39 is 5.66 Å². The van der Waals surface area contributed by atoms with E-state index in [0.29, 0.717) is 42.8 Å². The quantitative estimate of drug-likeness (QED) is 0.861. The van der Waals surface area contributed by atoms with Crippen molar-refractivity contribution >= 4 is 11.8 Å². The second-order valence-electron chi connectivity index (χ2n) is 7.48. The molecule has 0 aromatic heterocycles. The molecule has 0 saturated carbocycles. The van der Waals surface area contributed by atoms with Gasteiger partial charge >= 0.3 is 0 Å². The molecule has 7 heteroatoms. The first-order valence-electron chi connectivity index (χ1n) is 9.75. The van der Waals surface area contributed by atoms with E-state index in [1.54, 1.807) is 59.4 Å². The van der Waals surface area contributed by atoms with Crippen LogP contribution in [0.15, 0.2) is 48.5 Å². The third-order valence-corrected chi connectivity index (χ3v) is 5.87. The molecule has 4 rings (SSSR count). The lowest BCUT2D eigenvalue weighted by Gasteiger charge is -2.44. The molecule has 2 saturated heterocycles. The molecule has 0 bridgehead atoms. The number of methoxy groups -OCH3 is 1. The smallest absolute Gasteiger partial charge is 0.253 e. The van der Waals surface area contributed by atoms with Gasteiger partial charge in [-0.25, -0.2) is 4.39 Å². The maximum Gasteiger partial charge on any atom is 0.253 e. The SMILES string of the molecule is COc1cccc(C(=O)N2CCC3(CC2)NCC(=O)N3Cc2ccccc2F)c1. The van der Waals surface area contributed by atoms with E-state index in [1.807, 2.05) is 0 Å². The van der Waals surface area contributed by atoms with Gasteiger partial charge in [-0.1, -0.05) is 24.3 Å². The Balaban J connectivity index is 1.47. The van der Waals surface area contributed by atoms with Crippen LogP contribution >= 0.6 is 0 Å². The average molecular weight is 397 g/mol. The molecule has 2 aromatic carbocycles. The molecule has 6 nitrogen and oxygen atoms in total. The van der Waals surface area contributed by atoms with Crippen molar-refractivity contribution < 1.29 is 18.7 Å². The molecule has 2 aliphatic rings. The van der Waals surface area contributed by atoms with Gasteiger partial charge in [-0.05, 0) is 24.3 Å². The number of hydrogen-bond acceptors (Lipinski definition) is 4. The normalized spacial score (nSPS) is 18.3. The molecular weight excluding hydrogens is 373 g/mol. The van der Waals surface area contributed by atoms with Gasteiger partial charge in [0.05, 0.1) is 25.9 Å². The summed E-state index contributed by atoms with van der Waals surface area (Å²) in [5.74, 6) is 0.237. The Labute approximate surface area is 169 Å². The van der Waals surface area contributed by atoms with Crippen LogP contribution in [-0.4, -0.2) is 54.0 Å². The fourth-order valence-electron chi connectivity index (χ4n) is 4.17. The number of piperidine rings is 1. The van der Waals surface area contributed by atoms with Gasteiger partial charge in [-0.2, -0.15) is 0 Å². The fraction of sp³-hybridized carbons (Fsp3) is 0.364. The summed E-state index contributed by atoms with van der Waals surface area (Å²) in [6.07, 6.45) is 1.20. The predicted octanol–water partition coefficient (Wildman–Crippen LogP) is 2.40. The van der Waals surface area contributed by atoms with Crippen LogP contribution in [-0.2, 0) is 11.3 Å². The van der Waals surface area contributed by atoms with E-state index in [9.17, 15) is 14.0 Å². The molecule has 2 fully saturated rings. The van der Waals surface area contributed by atoms with Crippen LogP contribution in [0.2, 0.25) is 0 Å². The first-order chi connectivity index (χ1) is 14.0. The average Bonchev–Trinajstić information content (AvgIpc) is 3.05. The number of hydrogen-bond donors (Lipinski definition) is 1. The summed E-state index contributed by atoms with van der Waals surface area (Å²) >= 11 is 0. The predicted molar refractivity (Wildman–Crippen MR) is 106 cm³/mol. The summed E-state index contributed by atoms with van der Waals surface area (Å²) in [4.78, 5) is 28.9. The highest BCUT2D eigenvalue weighted by Gasteiger charge is 2.47. The topological polar surface area (TPSA) is 61.9 Å². The van der Waals surface area contributed by atoms with Crippen molar-refractivity contribution in [2.75, 3.05) is 26.7 Å². The van der Waals surface area contributed by atoms with Gasteiger partial charge in [0.1, 0.15) is 11.6 Å². The molecular formula is C22H24FN3O3. The molecule has 0 aliphatic carbocycles. The third kappa shape index (κ3) is 3.70. The first kappa shape index (κ1) is 19.4. The van der Waals surface area contributed by atoms with Crippen molar-refractivity contribution in [1.29, 1.82) is 0 Å². The molecule has 2 aromatic rings. The first-order valence-corrected chi connectivity index (χ1v) is 9.75. The van der Waals surface area contributed by atoms with E-state index in [1.165, 1.54) is 6.07 Å². The fourth-order valence-corrected chi connectivity index (χ4v) is 4.17. The Bertz CT molecular complexity index is 925. The molecule has 2 aliphatic heterocycles. The number of nitrogens with zero attached hydrogens (tertiary/aromatic N) is 2. The van der Waals surface area contributed by atoms with Gasteiger partial charge in [-0.3, -0.25) is 14.9 Å². The molecule has 0 radical (unpaired) electrons. The molecule has 2 amide bonds. The zero-order valence-corrected chi connectivity index (χ0v) is 16.4. The van der Waals surface area contributed by atoms with Crippen molar-refractivity contribution in [2.24, 2.45) is 0 Å². The highest BCUT2D eigenvalue weighted by atomic mass is 19.1. The molecule has 152 valence electrons. The van der Waals surface area contributed by atoms with Crippen molar-refractivity contribution in [3.8, 4) is 5.75 Å². The van der Waals surface area contributed by atoms with E-state index in [-0.39, 0.29) is 30.7 Å². The molecule has 29 heavy (non-hydrogen) atoms. The van der Waals surface area contributed by atoms with Gasteiger partial charge in [0.15, 0.2) is 0 Å². The van der Waals surface area contributed by atoms with Crippen LogP contribution in [0.1, 0.15) is 28.8 Å². The number of amides is 2. The van der Waals surface area contributed by atoms with Gasteiger partial charge in [-0.15, -0.1) is 0 Å². The van der Waals surface area contributed by atoms with Crippen LogP contribution in [0.5, 0.6) is 5.75 Å². The minimum absolute atomic E-state index is 0.0409. The second kappa shape index (κ2) is 7.83. The maximum atomic E-state index is 14.1. The lowest BCUT2D eigenvalue weighted by molar-refractivity contribution is -0.132. The van der Waals surface area contributed by atoms with Gasteiger partial charge in [0.2, 0.25) is 5.91 Å². The molecule has 0 atom stereocenters. The Kier molecular flexibility index (Phi) is 5.24. The van der Waals surface area contributed by atoms with Crippen LogP contribution in [0.25, 0.3) is 0 Å². The Morgan fingerprint density at radius 3 is 2.66 bits per heavy atom. The molecule has 2 heterocycles. The number of nitrogens with one attached hydrogen (secondary N) is 1. The summed E-state index contributed by atoms with van der Waals surface area (Å²) in [6.45, 7) is 1.49. The van der Waals surface area contributed by atoms with Gasteiger partial charge in [0.25, 0.3) is 5.91 Å². The standard InChI is InChI=1S/C22H24FN3O3/c1-29-18-7-4-6-16(13-18)21(28)25-11-9-22(10-12-25)24-14-20(27)26(22)15-17-5-2-3-8-19(17)23/h2-8,13,24H,9-12,14-15H2,1H3. The lowest BCUT2D eigenvalue weighted by Crippen LogP contribution is -2.59. The Morgan fingerprint density at radius 2 is 1.93 bits per heavy atom. The zero-order valence-electron chi connectivity index (χ0n) is 16.4. The number of carbonyl (C=O) groups excluding carboxylic acids is 2. The Morgan fingerprint density at radius 1 is 1.17 bits per heavy atom. The molecule has 0 unspecified atom stereocenters. The number of likely N-dealkylation sites (tertiary alicyclic amines) is 1. The van der Waals surface area contributed by atoms with Crippen molar-refractivity contribution in [1.82, 2.24) is 15.1 Å². The number of benzene rings is 2. The minimum atomic E-state index is -0.537. The Hall–Kier alpha value is -2.93. The van der Waals surface area contributed by atoms with Crippen LogP contribution in [0, 0.1) is 5.82 Å². The van der Waals surface area contributed by atoms with Crippen LogP contribution in [0.3, 0.4) is 0 Å². The summed E-state index contributed by atoms with van der Waals surface area (Å²) in [5, 5.41) is 3.33. The zero-order chi connectivity index (χ0) is 20.4. The number of halogens is 1. The largest absolute Gasteiger partial charge is 0.497 e. The van der Waals surface area contributed by atoms with E-state index in [4.69, 9.17) is 4.74 Å². The monoisotopic (exact) mass is 397 g/mol. The summed E-state index contributed by atoms with van der Waals surface area (Å²) < 4.78 is 19.3. The van der Waals surface area contributed by atoms with E-state index in [0.717, 1.165) is 0 Å². The lowest BCUT2D eigenvalue weighted by atomic mass is 9.94. The van der Waals surface area contributed by atoms with E-state index >= 15 is 0 Å². The van der Waals surface area contributed by atoms with Gasteiger partial charge in [0, 0.05) is 37.1 Å². The molecule has 1 N–H and O–H groups in total. The van der Waals surface area contributed by atoms with E-state index in [2.05, 4.69) is 5.32 Å². The highest BCUT2D eigenvalue weighted by molar-refractivity contribution is 5.94.